The van der Waals surface area contributed by atoms with E-state index in [1.165, 1.54) is 0 Å². The Labute approximate surface area is 130 Å². The normalized spacial score (nSPS) is 17.2. The molecule has 0 atom stereocenters. The summed E-state index contributed by atoms with van der Waals surface area (Å²) in [6.45, 7) is 10.1. The second-order valence-corrected chi connectivity index (χ2v) is 6.01. The molecule has 0 aromatic carbocycles. The van der Waals surface area contributed by atoms with Crippen LogP contribution in [-0.4, -0.2) is 53.0 Å². The van der Waals surface area contributed by atoms with E-state index in [0.717, 1.165) is 44.0 Å². The van der Waals surface area contributed by atoms with Gasteiger partial charge in [-0.05, 0) is 31.5 Å². The van der Waals surface area contributed by atoms with Gasteiger partial charge in [-0.15, -0.1) is 0 Å². The van der Waals surface area contributed by atoms with E-state index in [4.69, 9.17) is 0 Å². The summed E-state index contributed by atoms with van der Waals surface area (Å²) in [6, 6.07) is 3.87. The van der Waals surface area contributed by atoms with Crippen LogP contribution in [0.4, 0.5) is 0 Å². The second kappa shape index (κ2) is 6.06. The Bertz CT molecular complexity index is 687. The highest BCUT2D eigenvalue weighted by molar-refractivity contribution is 5.86. The molecule has 1 N–H and O–H groups in total. The van der Waals surface area contributed by atoms with Crippen LogP contribution in [0.2, 0.25) is 0 Å². The van der Waals surface area contributed by atoms with Crippen LogP contribution >= 0.6 is 0 Å². The number of pyridine rings is 1. The van der Waals surface area contributed by atoms with Crippen molar-refractivity contribution in [2.75, 3.05) is 32.7 Å². The van der Waals surface area contributed by atoms with Gasteiger partial charge in [0.15, 0.2) is 0 Å². The summed E-state index contributed by atoms with van der Waals surface area (Å²) in [5, 5.41) is 11.4. The number of carboxylic acids is 1. The van der Waals surface area contributed by atoms with Gasteiger partial charge in [-0.3, -0.25) is 4.90 Å². The van der Waals surface area contributed by atoms with Crippen LogP contribution in [0.3, 0.4) is 0 Å². The zero-order chi connectivity index (χ0) is 15.7. The van der Waals surface area contributed by atoms with Gasteiger partial charge in [0.25, 0.3) is 0 Å². The Morgan fingerprint density at radius 2 is 2.14 bits per heavy atom. The van der Waals surface area contributed by atoms with Crippen LogP contribution in [0.5, 0.6) is 0 Å². The molecule has 0 unspecified atom stereocenters. The number of aromatic carboxylic acids is 1. The van der Waals surface area contributed by atoms with Crippen molar-refractivity contribution >= 4 is 11.6 Å². The molecule has 0 amide bonds. The fourth-order valence-corrected chi connectivity index (χ4v) is 3.10. The zero-order valence-corrected chi connectivity index (χ0v) is 13.1. The molecule has 6 nitrogen and oxygen atoms in total. The molecule has 0 aliphatic carbocycles. The Hall–Kier alpha value is -1.92. The monoisotopic (exact) mass is 302 g/mol. The molecule has 2 aromatic heterocycles. The molecule has 0 spiro atoms. The van der Waals surface area contributed by atoms with Crippen molar-refractivity contribution in [3.63, 3.8) is 0 Å². The number of carbonyl (C=O) groups excluding carboxylic acids is 1. The summed E-state index contributed by atoms with van der Waals surface area (Å²) in [6.07, 6.45) is 1.90. The number of aromatic nitrogens is 2. The third-order valence-electron chi connectivity index (χ3n) is 4.51. The van der Waals surface area contributed by atoms with Crippen LogP contribution in [0.25, 0.3) is 5.65 Å². The number of carboxylic acid groups (broad SMARTS) is 1. The number of likely N-dealkylation sites (N-methyl/N-ethyl adjacent to an activating group) is 1. The summed E-state index contributed by atoms with van der Waals surface area (Å²) in [7, 11) is 0. The molecule has 3 heterocycles. The fourth-order valence-electron chi connectivity index (χ4n) is 3.10. The summed E-state index contributed by atoms with van der Waals surface area (Å²) in [5.74, 6) is -1.20. The molecule has 22 heavy (non-hydrogen) atoms. The van der Waals surface area contributed by atoms with Crippen LogP contribution in [-0.2, 0) is 6.54 Å². The van der Waals surface area contributed by atoms with Gasteiger partial charge in [0.2, 0.25) is 0 Å². The number of aryl methyl sites for hydroxylation is 1. The fraction of sp³-hybridized carbons (Fsp3) is 0.500. The van der Waals surface area contributed by atoms with Crippen LogP contribution in [0.1, 0.15) is 28.7 Å². The molecule has 118 valence electrons. The molecule has 1 aliphatic heterocycles. The number of nitrogens with zero attached hydrogens (tertiary/aromatic N) is 3. The number of quaternary nitrogens is 1. The van der Waals surface area contributed by atoms with Crippen LogP contribution in [0.15, 0.2) is 18.3 Å². The molecule has 0 saturated carbocycles. The molecule has 0 bridgehead atoms. The van der Waals surface area contributed by atoms with Gasteiger partial charge >= 0.3 is 0 Å². The number of hydrogen-bond donors (Lipinski definition) is 1. The molecule has 2 aromatic rings. The van der Waals surface area contributed by atoms with E-state index >= 15 is 0 Å². The lowest BCUT2D eigenvalue weighted by molar-refractivity contribution is -0.902. The Morgan fingerprint density at radius 1 is 1.41 bits per heavy atom. The minimum atomic E-state index is -1.20. The first-order chi connectivity index (χ1) is 10.6. The van der Waals surface area contributed by atoms with Crippen molar-refractivity contribution in [2.45, 2.75) is 20.4 Å². The third-order valence-corrected chi connectivity index (χ3v) is 4.51. The average Bonchev–Trinajstić information content (AvgIpc) is 2.86. The molecule has 0 radical (unpaired) electrons. The minimum absolute atomic E-state index is 0.0656. The van der Waals surface area contributed by atoms with Crippen molar-refractivity contribution < 1.29 is 14.8 Å². The van der Waals surface area contributed by atoms with E-state index in [1.54, 1.807) is 4.90 Å². The van der Waals surface area contributed by atoms with Crippen molar-refractivity contribution in [1.82, 2.24) is 14.3 Å². The average molecular weight is 302 g/mol. The summed E-state index contributed by atoms with van der Waals surface area (Å²) in [5.41, 5.74) is 2.52. The largest absolute Gasteiger partial charge is 0.543 e. The van der Waals surface area contributed by atoms with Crippen LogP contribution in [0, 0.1) is 6.92 Å². The standard InChI is InChI=1S/C16H22N4O2/c1-3-18-6-8-19(9-7-18)11-13-15(16(21)22)17-14-10-12(2)4-5-20(13)14/h4-5,10H,3,6-9,11H2,1-2H3,(H,21,22). The number of fused-ring (bicyclic) bond motifs is 1. The third kappa shape index (κ3) is 2.84. The highest BCUT2D eigenvalue weighted by Gasteiger charge is 2.22. The van der Waals surface area contributed by atoms with E-state index in [1.807, 2.05) is 29.7 Å². The summed E-state index contributed by atoms with van der Waals surface area (Å²) < 4.78 is 1.87. The number of nitrogens with one attached hydrogen (secondary N) is 1. The lowest BCUT2D eigenvalue weighted by Gasteiger charge is -2.31. The predicted octanol–water partition coefficient (Wildman–Crippen LogP) is -1.27. The smallest absolute Gasteiger partial charge is 0.138 e. The highest BCUT2D eigenvalue weighted by Crippen LogP contribution is 2.16. The summed E-state index contributed by atoms with van der Waals surface area (Å²) in [4.78, 5) is 19.5. The quantitative estimate of drug-likeness (QED) is 0.765. The van der Waals surface area contributed by atoms with Gasteiger partial charge in [-0.25, -0.2) is 4.98 Å². The Kier molecular flexibility index (Phi) is 4.13. The first-order valence-corrected chi connectivity index (χ1v) is 7.83. The number of carbonyl (C=O) groups is 1. The maximum atomic E-state index is 11.4. The second-order valence-electron chi connectivity index (χ2n) is 6.01. The van der Waals surface area contributed by atoms with Crippen LogP contribution < -0.4 is 10.0 Å². The minimum Gasteiger partial charge on any atom is -0.543 e. The van der Waals surface area contributed by atoms with Gasteiger partial charge in [-0.1, -0.05) is 0 Å². The van der Waals surface area contributed by atoms with Crippen molar-refractivity contribution in [2.24, 2.45) is 0 Å². The van der Waals surface area contributed by atoms with Gasteiger partial charge in [0.05, 0.1) is 31.3 Å². The zero-order valence-electron chi connectivity index (χ0n) is 13.1. The molecule has 3 rings (SSSR count). The topological polar surface area (TPSA) is 65.1 Å². The maximum absolute atomic E-state index is 11.4. The van der Waals surface area contributed by atoms with Gasteiger partial charge in [0, 0.05) is 25.8 Å². The van der Waals surface area contributed by atoms with E-state index in [9.17, 15) is 9.90 Å². The number of piperazine rings is 1. The van der Waals surface area contributed by atoms with E-state index in [2.05, 4.69) is 16.8 Å². The van der Waals surface area contributed by atoms with E-state index < -0.39 is 5.97 Å². The first kappa shape index (κ1) is 15.0. The lowest BCUT2D eigenvalue weighted by atomic mass is 10.2. The number of rotatable bonds is 4. The van der Waals surface area contributed by atoms with Crippen molar-refractivity contribution in [3.8, 4) is 0 Å². The van der Waals surface area contributed by atoms with Crippen molar-refractivity contribution in [1.29, 1.82) is 0 Å². The number of imidazole rings is 1. The first-order valence-electron chi connectivity index (χ1n) is 7.83. The van der Waals surface area contributed by atoms with Crippen molar-refractivity contribution in [3.05, 3.63) is 35.3 Å². The molecule has 1 saturated heterocycles. The SMILES string of the molecule is CC[NH+]1CCN(Cc2c(C(=O)[O-])nc3cc(C)ccn23)CC1. The van der Waals surface area contributed by atoms with Gasteiger partial charge < -0.3 is 19.2 Å². The highest BCUT2D eigenvalue weighted by atomic mass is 16.4. The number of hydrogen-bond acceptors (Lipinski definition) is 4. The van der Waals surface area contributed by atoms with E-state index in [0.29, 0.717) is 12.2 Å². The maximum Gasteiger partial charge on any atom is 0.138 e. The Balaban J connectivity index is 1.89. The Morgan fingerprint density at radius 3 is 2.77 bits per heavy atom. The molecule has 6 heteroatoms. The van der Waals surface area contributed by atoms with Gasteiger partial charge in [0.1, 0.15) is 11.3 Å². The van der Waals surface area contributed by atoms with Gasteiger partial charge in [-0.2, -0.15) is 0 Å². The lowest BCUT2D eigenvalue weighted by Crippen LogP contribution is -3.14. The molecular weight excluding hydrogens is 280 g/mol. The molecular formula is C16H22N4O2. The molecule has 1 aliphatic rings. The summed E-state index contributed by atoms with van der Waals surface area (Å²) >= 11 is 0. The van der Waals surface area contributed by atoms with E-state index in [-0.39, 0.29) is 5.69 Å². The molecule has 1 fully saturated rings. The predicted molar refractivity (Wildman–Crippen MR) is 80.8 cm³/mol.